The molecule has 0 aliphatic heterocycles. The van der Waals surface area contributed by atoms with Gasteiger partial charge in [0, 0.05) is 17.1 Å². The van der Waals surface area contributed by atoms with Crippen LogP contribution in [0.3, 0.4) is 0 Å². The quantitative estimate of drug-likeness (QED) is 0.601. The zero-order valence-corrected chi connectivity index (χ0v) is 13.9. The molecule has 0 radical (unpaired) electrons. The number of fused-ring (bicyclic) bond motifs is 1. The van der Waals surface area contributed by atoms with E-state index in [0.29, 0.717) is 5.92 Å². The Morgan fingerprint density at radius 3 is 2.27 bits per heavy atom. The van der Waals surface area contributed by atoms with Crippen molar-refractivity contribution < 1.29 is 0 Å². The molecule has 3 rings (SSSR count). The minimum Gasteiger partial charge on any atom is -0.256 e. The van der Waals surface area contributed by atoms with Gasteiger partial charge >= 0.3 is 0 Å². The molecule has 0 N–H and O–H groups in total. The van der Waals surface area contributed by atoms with E-state index in [4.69, 9.17) is 0 Å². The molecule has 0 spiro atoms. The summed E-state index contributed by atoms with van der Waals surface area (Å²) < 4.78 is 0. The predicted octanol–water partition coefficient (Wildman–Crippen LogP) is 5.72. The lowest BCUT2D eigenvalue weighted by atomic mass is 9.99. The van der Waals surface area contributed by atoms with Crippen LogP contribution in [0, 0.1) is 19.8 Å². The number of nitrogens with zero attached hydrogens (tertiary/aromatic N) is 1. The van der Waals surface area contributed by atoms with Crippen LogP contribution in [0.15, 0.2) is 48.7 Å². The number of hydrogen-bond acceptors (Lipinski definition) is 1. The van der Waals surface area contributed by atoms with Gasteiger partial charge in [0.15, 0.2) is 0 Å². The van der Waals surface area contributed by atoms with Crippen LogP contribution >= 0.6 is 0 Å². The number of benzene rings is 2. The lowest BCUT2D eigenvalue weighted by Crippen LogP contribution is -1.94. The molecule has 1 heterocycles. The molecule has 0 fully saturated rings. The van der Waals surface area contributed by atoms with Gasteiger partial charge in [-0.05, 0) is 55.3 Å². The SMILES string of the molecule is Cc1cc(C)cc(-c2cc3cc(CC(C)C)ccc3cn2)c1. The molecule has 0 amide bonds. The molecular weight excluding hydrogens is 266 g/mol. The highest BCUT2D eigenvalue weighted by molar-refractivity contribution is 5.86. The van der Waals surface area contributed by atoms with Crippen LogP contribution in [0.5, 0.6) is 0 Å². The monoisotopic (exact) mass is 289 g/mol. The van der Waals surface area contributed by atoms with E-state index in [1.54, 1.807) is 0 Å². The van der Waals surface area contributed by atoms with Gasteiger partial charge in [0.25, 0.3) is 0 Å². The van der Waals surface area contributed by atoms with E-state index in [1.165, 1.54) is 33.0 Å². The lowest BCUT2D eigenvalue weighted by molar-refractivity contribution is 0.648. The Labute approximate surface area is 133 Å². The minimum absolute atomic E-state index is 0.679. The second kappa shape index (κ2) is 5.92. The molecule has 1 heteroatoms. The first-order chi connectivity index (χ1) is 10.5. The molecule has 2 aromatic carbocycles. The third-order valence-corrected chi connectivity index (χ3v) is 3.95. The standard InChI is InChI=1S/C21H23N/c1-14(2)7-17-5-6-18-13-22-21(12-19(18)11-17)20-9-15(3)8-16(4)10-20/h5-6,8-14H,7H2,1-4H3. The number of aromatic nitrogens is 1. The summed E-state index contributed by atoms with van der Waals surface area (Å²) in [7, 11) is 0. The maximum Gasteiger partial charge on any atom is 0.0708 e. The predicted molar refractivity (Wildman–Crippen MR) is 95.2 cm³/mol. The van der Waals surface area contributed by atoms with E-state index < -0.39 is 0 Å². The second-order valence-electron chi connectivity index (χ2n) is 6.73. The van der Waals surface area contributed by atoms with E-state index in [2.05, 4.69) is 75.1 Å². The molecule has 3 aromatic rings. The highest BCUT2D eigenvalue weighted by atomic mass is 14.7. The molecule has 0 unspecified atom stereocenters. The number of pyridine rings is 1. The minimum atomic E-state index is 0.679. The number of rotatable bonds is 3. The molecule has 112 valence electrons. The molecule has 0 atom stereocenters. The fourth-order valence-electron chi connectivity index (χ4n) is 3.07. The van der Waals surface area contributed by atoms with Crippen LogP contribution in [0.25, 0.3) is 22.0 Å². The van der Waals surface area contributed by atoms with Crippen LogP contribution in [0.2, 0.25) is 0 Å². The van der Waals surface area contributed by atoms with Crippen molar-refractivity contribution in [1.82, 2.24) is 4.98 Å². The van der Waals surface area contributed by atoms with Crippen LogP contribution < -0.4 is 0 Å². The van der Waals surface area contributed by atoms with Gasteiger partial charge in [-0.1, -0.05) is 49.2 Å². The normalized spacial score (nSPS) is 11.3. The topological polar surface area (TPSA) is 12.9 Å². The number of hydrogen-bond donors (Lipinski definition) is 0. The molecular formula is C21H23N. The van der Waals surface area contributed by atoms with E-state index >= 15 is 0 Å². The molecule has 1 aromatic heterocycles. The first-order valence-electron chi connectivity index (χ1n) is 7.98. The van der Waals surface area contributed by atoms with Crippen molar-refractivity contribution in [3.63, 3.8) is 0 Å². The maximum absolute atomic E-state index is 4.65. The Hall–Kier alpha value is -2.15. The Kier molecular flexibility index (Phi) is 3.98. The van der Waals surface area contributed by atoms with Crippen molar-refractivity contribution >= 4 is 10.8 Å². The molecule has 0 saturated heterocycles. The molecule has 22 heavy (non-hydrogen) atoms. The van der Waals surface area contributed by atoms with Crippen molar-refractivity contribution in [3.05, 3.63) is 65.4 Å². The Bertz CT molecular complexity index is 795. The highest BCUT2D eigenvalue weighted by Gasteiger charge is 2.05. The van der Waals surface area contributed by atoms with Gasteiger partial charge in [-0.15, -0.1) is 0 Å². The van der Waals surface area contributed by atoms with E-state index in [9.17, 15) is 0 Å². The summed E-state index contributed by atoms with van der Waals surface area (Å²) in [6.07, 6.45) is 3.11. The van der Waals surface area contributed by atoms with Crippen LogP contribution in [-0.4, -0.2) is 4.98 Å². The highest BCUT2D eigenvalue weighted by Crippen LogP contribution is 2.25. The van der Waals surface area contributed by atoms with Gasteiger partial charge in [-0.2, -0.15) is 0 Å². The van der Waals surface area contributed by atoms with Gasteiger partial charge < -0.3 is 0 Å². The van der Waals surface area contributed by atoms with Crippen LogP contribution in [0.4, 0.5) is 0 Å². The Morgan fingerprint density at radius 2 is 1.59 bits per heavy atom. The van der Waals surface area contributed by atoms with Crippen molar-refractivity contribution in [2.75, 3.05) is 0 Å². The van der Waals surface area contributed by atoms with Crippen molar-refractivity contribution in [1.29, 1.82) is 0 Å². The van der Waals surface area contributed by atoms with Crippen molar-refractivity contribution in [3.8, 4) is 11.3 Å². The van der Waals surface area contributed by atoms with Gasteiger partial charge in [-0.3, -0.25) is 4.98 Å². The fourth-order valence-corrected chi connectivity index (χ4v) is 3.07. The third-order valence-electron chi connectivity index (χ3n) is 3.95. The summed E-state index contributed by atoms with van der Waals surface area (Å²) >= 11 is 0. The lowest BCUT2D eigenvalue weighted by Gasteiger charge is -2.09. The van der Waals surface area contributed by atoms with Gasteiger partial charge in [0.2, 0.25) is 0 Å². The Morgan fingerprint density at radius 1 is 0.864 bits per heavy atom. The zero-order chi connectivity index (χ0) is 15.7. The summed E-state index contributed by atoms with van der Waals surface area (Å²) in [5.41, 5.74) is 6.23. The first-order valence-corrected chi connectivity index (χ1v) is 7.98. The average Bonchev–Trinajstić information content (AvgIpc) is 2.45. The van der Waals surface area contributed by atoms with Crippen molar-refractivity contribution in [2.24, 2.45) is 5.92 Å². The molecule has 0 aliphatic rings. The van der Waals surface area contributed by atoms with E-state index in [-0.39, 0.29) is 0 Å². The second-order valence-corrected chi connectivity index (χ2v) is 6.73. The van der Waals surface area contributed by atoms with E-state index in [0.717, 1.165) is 12.1 Å². The largest absolute Gasteiger partial charge is 0.256 e. The fraction of sp³-hybridized carbons (Fsp3) is 0.286. The molecule has 0 saturated carbocycles. The van der Waals surface area contributed by atoms with Crippen molar-refractivity contribution in [2.45, 2.75) is 34.1 Å². The molecule has 0 aliphatic carbocycles. The van der Waals surface area contributed by atoms with Crippen LogP contribution in [-0.2, 0) is 6.42 Å². The smallest absolute Gasteiger partial charge is 0.0708 e. The summed E-state index contributed by atoms with van der Waals surface area (Å²) in [4.78, 5) is 4.65. The van der Waals surface area contributed by atoms with Gasteiger partial charge in [0.1, 0.15) is 0 Å². The maximum atomic E-state index is 4.65. The first kappa shape index (κ1) is 14.8. The summed E-state index contributed by atoms with van der Waals surface area (Å²) in [5, 5.41) is 2.49. The zero-order valence-electron chi connectivity index (χ0n) is 13.9. The Balaban J connectivity index is 2.07. The summed E-state index contributed by atoms with van der Waals surface area (Å²) in [6.45, 7) is 8.80. The summed E-state index contributed by atoms with van der Waals surface area (Å²) in [6, 6.07) is 15.5. The van der Waals surface area contributed by atoms with Gasteiger partial charge in [0.05, 0.1) is 5.69 Å². The third kappa shape index (κ3) is 3.19. The average molecular weight is 289 g/mol. The van der Waals surface area contributed by atoms with Crippen LogP contribution in [0.1, 0.15) is 30.5 Å². The van der Waals surface area contributed by atoms with Gasteiger partial charge in [-0.25, -0.2) is 0 Å². The molecule has 0 bridgehead atoms. The van der Waals surface area contributed by atoms with E-state index in [1.807, 2.05) is 6.20 Å². The summed E-state index contributed by atoms with van der Waals surface area (Å²) in [5.74, 6) is 0.679. The number of aryl methyl sites for hydroxylation is 2. The molecule has 1 nitrogen and oxygen atoms in total.